The number of hydrogen-bond acceptors (Lipinski definition) is 5. The van der Waals surface area contributed by atoms with Crippen molar-refractivity contribution in [1.29, 1.82) is 0 Å². The number of carbonyl (C=O) groups excluding carboxylic acids is 1. The van der Waals surface area contributed by atoms with Crippen molar-refractivity contribution in [1.82, 2.24) is 0 Å². The molecule has 1 aliphatic rings. The number of halogens is 1. The van der Waals surface area contributed by atoms with Crippen LogP contribution in [0.25, 0.3) is 0 Å². The fourth-order valence-electron chi connectivity index (χ4n) is 4.50. The summed E-state index contributed by atoms with van der Waals surface area (Å²) in [5.41, 5.74) is 3.48. The van der Waals surface area contributed by atoms with Gasteiger partial charge in [0.05, 0.1) is 19.8 Å². The van der Waals surface area contributed by atoms with Gasteiger partial charge in [0.1, 0.15) is 5.00 Å². The molecule has 1 aliphatic carbocycles. The number of aliphatic imine (C=N–C) groups is 1. The summed E-state index contributed by atoms with van der Waals surface area (Å²) in [6.07, 6.45) is 4.64. The van der Waals surface area contributed by atoms with E-state index < -0.39 is 0 Å². The van der Waals surface area contributed by atoms with Gasteiger partial charge >= 0.3 is 0 Å². The SMILES string of the molecule is COc1cccc(C=Nc2sc3c(c2C(=O)Nc2ccc(Cl)cc2)CC[C@@H](C(C)(C)C)C3)c1OC. The van der Waals surface area contributed by atoms with Gasteiger partial charge in [-0.05, 0) is 72.6 Å². The standard InChI is InChI=1S/C28H31ClN2O3S/c1-28(2,3)18-9-14-21-23(15-18)35-27(24(21)26(32)31-20-12-10-19(29)11-13-20)30-16-17-7-6-8-22(33-4)25(17)34-5/h6-8,10-13,16,18H,9,14-15H2,1-5H3,(H,31,32)/t18-/m1/s1. The number of para-hydroxylation sites is 1. The van der Waals surface area contributed by atoms with E-state index in [1.54, 1.807) is 56.0 Å². The number of ether oxygens (including phenoxy) is 2. The minimum Gasteiger partial charge on any atom is -0.493 e. The maximum absolute atomic E-state index is 13.5. The molecule has 0 aliphatic heterocycles. The lowest BCUT2D eigenvalue weighted by atomic mass is 9.72. The van der Waals surface area contributed by atoms with Crippen molar-refractivity contribution in [3.63, 3.8) is 0 Å². The van der Waals surface area contributed by atoms with E-state index in [0.29, 0.717) is 38.7 Å². The van der Waals surface area contributed by atoms with Crippen LogP contribution in [0.5, 0.6) is 11.5 Å². The number of carbonyl (C=O) groups is 1. The minimum absolute atomic E-state index is 0.149. The van der Waals surface area contributed by atoms with E-state index in [1.807, 2.05) is 18.2 Å². The number of rotatable bonds is 6. The lowest BCUT2D eigenvalue weighted by Gasteiger charge is -2.33. The largest absolute Gasteiger partial charge is 0.493 e. The van der Waals surface area contributed by atoms with Crippen molar-refractivity contribution >= 4 is 45.7 Å². The molecule has 0 spiro atoms. The Kier molecular flexibility index (Phi) is 7.53. The molecule has 0 unspecified atom stereocenters. The van der Waals surface area contributed by atoms with E-state index in [1.165, 1.54) is 4.88 Å². The number of anilines is 1. The molecule has 0 bridgehead atoms. The van der Waals surface area contributed by atoms with Gasteiger partial charge in [0.15, 0.2) is 11.5 Å². The lowest BCUT2D eigenvalue weighted by molar-refractivity contribution is 0.102. The van der Waals surface area contributed by atoms with Gasteiger partial charge in [0.25, 0.3) is 5.91 Å². The number of hydrogen-bond donors (Lipinski definition) is 1. The highest BCUT2D eigenvalue weighted by Gasteiger charge is 2.33. The van der Waals surface area contributed by atoms with Crippen LogP contribution in [0.15, 0.2) is 47.5 Å². The molecule has 1 heterocycles. The molecule has 0 fully saturated rings. The van der Waals surface area contributed by atoms with E-state index in [4.69, 9.17) is 26.1 Å². The van der Waals surface area contributed by atoms with Gasteiger partial charge in [-0.1, -0.05) is 38.4 Å². The van der Waals surface area contributed by atoms with Crippen LogP contribution in [0.1, 0.15) is 53.6 Å². The summed E-state index contributed by atoms with van der Waals surface area (Å²) in [5, 5.41) is 4.37. The van der Waals surface area contributed by atoms with Crippen molar-refractivity contribution in [2.24, 2.45) is 16.3 Å². The number of methoxy groups -OCH3 is 2. The molecule has 184 valence electrons. The summed E-state index contributed by atoms with van der Waals surface area (Å²) in [6.45, 7) is 6.87. The van der Waals surface area contributed by atoms with Crippen molar-refractivity contribution in [2.75, 3.05) is 19.5 Å². The first-order valence-corrected chi connectivity index (χ1v) is 12.9. The van der Waals surface area contributed by atoms with Gasteiger partial charge in [-0.15, -0.1) is 11.3 Å². The fourth-order valence-corrected chi connectivity index (χ4v) is 5.90. The summed E-state index contributed by atoms with van der Waals surface area (Å²) in [7, 11) is 3.22. The molecule has 0 radical (unpaired) electrons. The van der Waals surface area contributed by atoms with Crippen molar-refractivity contribution in [3.8, 4) is 11.5 Å². The molecule has 35 heavy (non-hydrogen) atoms. The maximum Gasteiger partial charge on any atom is 0.259 e. The fraction of sp³-hybridized carbons (Fsp3) is 0.357. The predicted octanol–water partition coefficient (Wildman–Crippen LogP) is 7.57. The Bertz CT molecular complexity index is 1240. The Morgan fingerprint density at radius 2 is 1.89 bits per heavy atom. The van der Waals surface area contributed by atoms with Gasteiger partial charge in [0.2, 0.25) is 0 Å². The van der Waals surface area contributed by atoms with Crippen LogP contribution in [0.3, 0.4) is 0 Å². The Labute approximate surface area is 216 Å². The highest BCUT2D eigenvalue weighted by atomic mass is 35.5. The third-order valence-corrected chi connectivity index (χ3v) is 7.97. The molecule has 5 nitrogen and oxygen atoms in total. The highest BCUT2D eigenvalue weighted by molar-refractivity contribution is 7.16. The smallest absolute Gasteiger partial charge is 0.259 e. The molecule has 0 saturated carbocycles. The van der Waals surface area contributed by atoms with Crippen LogP contribution in [0, 0.1) is 11.3 Å². The average Bonchev–Trinajstić information content (AvgIpc) is 3.21. The zero-order valence-corrected chi connectivity index (χ0v) is 22.3. The molecule has 4 rings (SSSR count). The quantitative estimate of drug-likeness (QED) is 0.348. The summed E-state index contributed by atoms with van der Waals surface area (Å²) in [5.74, 6) is 1.66. The molecule has 1 atom stereocenters. The second-order valence-electron chi connectivity index (χ2n) is 9.79. The number of fused-ring (bicyclic) bond motifs is 1. The highest BCUT2D eigenvalue weighted by Crippen LogP contribution is 2.45. The third kappa shape index (κ3) is 5.54. The molecule has 3 aromatic rings. The van der Waals surface area contributed by atoms with Crippen LogP contribution < -0.4 is 14.8 Å². The van der Waals surface area contributed by atoms with E-state index in [9.17, 15) is 4.79 Å². The zero-order chi connectivity index (χ0) is 25.2. The van der Waals surface area contributed by atoms with Gasteiger partial charge in [-0.25, -0.2) is 4.99 Å². The third-order valence-electron chi connectivity index (χ3n) is 6.55. The van der Waals surface area contributed by atoms with Crippen LogP contribution in [0.2, 0.25) is 5.02 Å². The molecule has 0 saturated heterocycles. The molecule has 2 aromatic carbocycles. The number of thiophene rings is 1. The van der Waals surface area contributed by atoms with Crippen LogP contribution in [-0.4, -0.2) is 26.3 Å². The molecular weight excluding hydrogens is 480 g/mol. The molecule has 7 heteroatoms. The summed E-state index contributed by atoms with van der Waals surface area (Å²) >= 11 is 7.63. The topological polar surface area (TPSA) is 59.9 Å². The zero-order valence-electron chi connectivity index (χ0n) is 20.8. The number of nitrogens with one attached hydrogen (secondary N) is 1. The molecule has 1 N–H and O–H groups in total. The number of benzene rings is 2. The molecule has 1 amide bonds. The average molecular weight is 511 g/mol. The Morgan fingerprint density at radius 1 is 1.14 bits per heavy atom. The monoisotopic (exact) mass is 510 g/mol. The molecule has 1 aromatic heterocycles. The normalized spacial score (nSPS) is 15.7. The molecular formula is C28H31ClN2O3S. The van der Waals surface area contributed by atoms with Gasteiger partial charge in [0, 0.05) is 27.4 Å². The van der Waals surface area contributed by atoms with E-state index in [0.717, 1.165) is 30.4 Å². The van der Waals surface area contributed by atoms with Gasteiger partial charge in [-0.3, -0.25) is 4.79 Å². The van der Waals surface area contributed by atoms with E-state index in [2.05, 4.69) is 26.1 Å². The van der Waals surface area contributed by atoms with Crippen molar-refractivity contribution in [2.45, 2.75) is 40.0 Å². The lowest BCUT2D eigenvalue weighted by Crippen LogP contribution is -2.27. The van der Waals surface area contributed by atoms with E-state index in [-0.39, 0.29) is 11.3 Å². The Balaban J connectivity index is 1.73. The second-order valence-corrected chi connectivity index (χ2v) is 11.3. The van der Waals surface area contributed by atoms with Crippen molar-refractivity contribution < 1.29 is 14.3 Å². The number of nitrogens with zero attached hydrogens (tertiary/aromatic N) is 1. The second kappa shape index (κ2) is 10.4. The van der Waals surface area contributed by atoms with E-state index >= 15 is 0 Å². The Morgan fingerprint density at radius 3 is 2.54 bits per heavy atom. The van der Waals surface area contributed by atoms with Gasteiger partial charge < -0.3 is 14.8 Å². The van der Waals surface area contributed by atoms with Crippen LogP contribution >= 0.6 is 22.9 Å². The van der Waals surface area contributed by atoms with Gasteiger partial charge in [-0.2, -0.15) is 0 Å². The minimum atomic E-state index is -0.149. The first kappa shape index (κ1) is 25.3. The van der Waals surface area contributed by atoms with Crippen LogP contribution in [-0.2, 0) is 12.8 Å². The van der Waals surface area contributed by atoms with Crippen molar-refractivity contribution in [3.05, 3.63) is 69.1 Å². The summed E-state index contributed by atoms with van der Waals surface area (Å²) in [6, 6.07) is 12.8. The number of amides is 1. The maximum atomic E-state index is 13.5. The predicted molar refractivity (Wildman–Crippen MR) is 145 cm³/mol. The first-order chi connectivity index (χ1) is 16.7. The Hall–Kier alpha value is -2.83. The summed E-state index contributed by atoms with van der Waals surface area (Å²) < 4.78 is 11.0. The first-order valence-electron chi connectivity index (χ1n) is 11.7. The van der Waals surface area contributed by atoms with Crippen LogP contribution in [0.4, 0.5) is 10.7 Å². The summed E-state index contributed by atoms with van der Waals surface area (Å²) in [4.78, 5) is 19.6.